The SMILES string of the molecule is CCCCc1cccc(C(=O)[O-])c1/C(C(=O)O)=C(/C(=O)O)c1c(CCCC)cccc1C(=O)[O-]. The number of rotatable bonds is 12. The predicted molar refractivity (Wildman–Crippen MR) is 121 cm³/mol. The fraction of sp³-hybridized carbons (Fsp3) is 0.308. The van der Waals surface area contributed by atoms with Crippen LogP contribution in [0.5, 0.6) is 0 Å². The number of aromatic carboxylic acids is 2. The summed E-state index contributed by atoms with van der Waals surface area (Å²) in [5.74, 6) is -6.73. The van der Waals surface area contributed by atoms with Crippen LogP contribution in [0.25, 0.3) is 11.1 Å². The molecule has 0 amide bonds. The van der Waals surface area contributed by atoms with E-state index in [1.54, 1.807) is 0 Å². The number of aliphatic carboxylic acids is 2. The lowest BCUT2D eigenvalue weighted by molar-refractivity contribution is -0.256. The highest BCUT2D eigenvalue weighted by Gasteiger charge is 2.30. The van der Waals surface area contributed by atoms with E-state index in [1.165, 1.54) is 24.3 Å². The second-order valence-electron chi connectivity index (χ2n) is 7.82. The van der Waals surface area contributed by atoms with Gasteiger partial charge in [0.2, 0.25) is 0 Å². The molecule has 2 N–H and O–H groups in total. The van der Waals surface area contributed by atoms with E-state index < -0.39 is 46.2 Å². The fourth-order valence-electron chi connectivity index (χ4n) is 3.96. The number of carboxylic acid groups (broad SMARTS) is 4. The number of benzene rings is 2. The Bertz CT molecular complexity index is 1050. The zero-order chi connectivity index (χ0) is 25.4. The second-order valence-corrected chi connectivity index (χ2v) is 7.82. The van der Waals surface area contributed by atoms with Crippen LogP contribution in [0.15, 0.2) is 36.4 Å². The quantitative estimate of drug-likeness (QED) is 0.356. The highest BCUT2D eigenvalue weighted by atomic mass is 16.4. The summed E-state index contributed by atoms with van der Waals surface area (Å²) in [5.41, 5.74) is -2.52. The summed E-state index contributed by atoms with van der Waals surface area (Å²) in [6.45, 7) is 3.80. The van der Waals surface area contributed by atoms with Crippen molar-refractivity contribution in [2.24, 2.45) is 0 Å². The van der Waals surface area contributed by atoms with Crippen molar-refractivity contribution >= 4 is 35.0 Å². The molecule has 0 aromatic heterocycles. The molecule has 0 aliphatic carbocycles. The molecule has 2 aromatic carbocycles. The molecular formula is C26H26O8-2. The Balaban J connectivity index is 3.11. The van der Waals surface area contributed by atoms with Crippen LogP contribution in [-0.2, 0) is 22.4 Å². The molecule has 8 heteroatoms. The molecule has 0 aliphatic rings. The lowest BCUT2D eigenvalue weighted by atomic mass is 9.83. The van der Waals surface area contributed by atoms with Gasteiger partial charge in [0.05, 0.1) is 23.1 Å². The number of aryl methyl sites for hydroxylation is 2. The predicted octanol–water partition coefficient (Wildman–Crippen LogP) is 2.18. The molecule has 2 aromatic rings. The summed E-state index contributed by atoms with van der Waals surface area (Å²) in [4.78, 5) is 48.9. The van der Waals surface area contributed by atoms with E-state index in [1.807, 2.05) is 13.8 Å². The maximum atomic E-state index is 12.5. The van der Waals surface area contributed by atoms with Crippen LogP contribution in [0.1, 0.15) is 82.5 Å². The van der Waals surface area contributed by atoms with Gasteiger partial charge in [-0.05, 0) is 36.8 Å². The van der Waals surface area contributed by atoms with Crippen molar-refractivity contribution in [2.75, 3.05) is 0 Å². The van der Waals surface area contributed by atoms with E-state index in [0.717, 1.165) is 25.0 Å². The van der Waals surface area contributed by atoms with Crippen molar-refractivity contribution in [1.29, 1.82) is 0 Å². The Morgan fingerprint density at radius 2 is 1.03 bits per heavy atom. The van der Waals surface area contributed by atoms with Crippen LogP contribution >= 0.6 is 0 Å². The largest absolute Gasteiger partial charge is 0.545 e. The summed E-state index contributed by atoms with van der Waals surface area (Å²) >= 11 is 0. The van der Waals surface area contributed by atoms with Crippen LogP contribution < -0.4 is 10.2 Å². The monoisotopic (exact) mass is 466 g/mol. The number of carbonyl (C=O) groups excluding carboxylic acids is 2. The molecule has 2 rings (SSSR count). The van der Waals surface area contributed by atoms with E-state index >= 15 is 0 Å². The zero-order valence-corrected chi connectivity index (χ0v) is 19.1. The number of unbranched alkanes of at least 4 members (excludes halogenated alkanes) is 2. The van der Waals surface area contributed by atoms with Crippen LogP contribution in [0.4, 0.5) is 0 Å². The van der Waals surface area contributed by atoms with Gasteiger partial charge in [0.15, 0.2) is 0 Å². The maximum absolute atomic E-state index is 12.5. The molecule has 0 unspecified atom stereocenters. The second kappa shape index (κ2) is 11.8. The Morgan fingerprint density at radius 3 is 1.29 bits per heavy atom. The highest BCUT2D eigenvalue weighted by molar-refractivity contribution is 6.38. The van der Waals surface area contributed by atoms with Crippen LogP contribution in [-0.4, -0.2) is 34.1 Å². The lowest BCUT2D eigenvalue weighted by Gasteiger charge is -2.21. The average Bonchev–Trinajstić information content (AvgIpc) is 2.78. The third-order valence-corrected chi connectivity index (χ3v) is 5.52. The minimum atomic E-state index is -1.70. The van der Waals surface area contributed by atoms with E-state index in [-0.39, 0.29) is 11.1 Å². The van der Waals surface area contributed by atoms with Crippen molar-refractivity contribution in [2.45, 2.75) is 52.4 Å². The van der Waals surface area contributed by atoms with Crippen molar-refractivity contribution in [3.63, 3.8) is 0 Å². The van der Waals surface area contributed by atoms with Crippen LogP contribution in [0.3, 0.4) is 0 Å². The summed E-state index contributed by atoms with van der Waals surface area (Å²) in [6, 6.07) is 8.21. The number of carbonyl (C=O) groups is 4. The van der Waals surface area contributed by atoms with Gasteiger partial charge in [-0.3, -0.25) is 0 Å². The van der Waals surface area contributed by atoms with Gasteiger partial charge in [0.25, 0.3) is 0 Å². The van der Waals surface area contributed by atoms with E-state index in [9.17, 15) is 39.6 Å². The van der Waals surface area contributed by atoms with Crippen molar-refractivity contribution in [3.05, 3.63) is 69.8 Å². The van der Waals surface area contributed by atoms with E-state index in [0.29, 0.717) is 36.8 Å². The summed E-state index contributed by atoms with van der Waals surface area (Å²) in [5, 5.41) is 44.1. The molecule has 0 fully saturated rings. The standard InChI is InChI=1S/C26H28O8/c1-3-5-9-15-11-7-13-17(23(27)28)19(15)21(25(31)32)22(26(33)34)20-16(10-6-4-2)12-8-14-18(20)24(29)30/h7-8,11-14H,3-6,9-10H2,1-2H3,(H,27,28)(H,29,30)(H,31,32)(H,33,34)/p-2/b22-21-. The van der Waals surface area contributed by atoms with Gasteiger partial charge in [0, 0.05) is 22.3 Å². The van der Waals surface area contributed by atoms with Gasteiger partial charge >= 0.3 is 11.9 Å². The van der Waals surface area contributed by atoms with Gasteiger partial charge in [-0.25, -0.2) is 9.59 Å². The fourth-order valence-corrected chi connectivity index (χ4v) is 3.96. The Hall–Kier alpha value is -3.94. The van der Waals surface area contributed by atoms with Gasteiger partial charge in [0.1, 0.15) is 0 Å². The third kappa shape index (κ3) is 5.70. The minimum absolute atomic E-state index is 0.293. The first kappa shape index (κ1) is 26.3. The molecule has 0 saturated carbocycles. The smallest absolute Gasteiger partial charge is 0.337 e. The topological polar surface area (TPSA) is 155 Å². The Morgan fingerprint density at radius 1 is 0.676 bits per heavy atom. The number of carboxylic acids is 4. The average molecular weight is 466 g/mol. The first-order valence-corrected chi connectivity index (χ1v) is 11.0. The van der Waals surface area contributed by atoms with Gasteiger partial charge in [-0.1, -0.05) is 63.1 Å². The third-order valence-electron chi connectivity index (χ3n) is 5.52. The molecule has 0 bridgehead atoms. The molecule has 8 nitrogen and oxygen atoms in total. The van der Waals surface area contributed by atoms with E-state index in [4.69, 9.17) is 0 Å². The highest BCUT2D eigenvalue weighted by Crippen LogP contribution is 2.36. The van der Waals surface area contributed by atoms with E-state index in [2.05, 4.69) is 0 Å². The molecule has 0 heterocycles. The lowest BCUT2D eigenvalue weighted by Crippen LogP contribution is -2.27. The van der Waals surface area contributed by atoms with Gasteiger partial charge in [-0.15, -0.1) is 0 Å². The number of hydrogen-bond donors (Lipinski definition) is 2. The molecule has 34 heavy (non-hydrogen) atoms. The Kier molecular flexibility index (Phi) is 9.12. The zero-order valence-electron chi connectivity index (χ0n) is 19.1. The summed E-state index contributed by atoms with van der Waals surface area (Å²) in [6.07, 6.45) is 3.22. The number of hydrogen-bond acceptors (Lipinski definition) is 6. The van der Waals surface area contributed by atoms with Crippen LogP contribution in [0.2, 0.25) is 0 Å². The van der Waals surface area contributed by atoms with Crippen LogP contribution in [0, 0.1) is 0 Å². The summed E-state index contributed by atoms with van der Waals surface area (Å²) < 4.78 is 0. The molecule has 180 valence electrons. The molecular weight excluding hydrogens is 440 g/mol. The first-order chi connectivity index (χ1) is 16.1. The first-order valence-electron chi connectivity index (χ1n) is 11.0. The normalized spacial score (nSPS) is 11.6. The molecule has 0 atom stereocenters. The molecule has 0 saturated heterocycles. The van der Waals surface area contributed by atoms with Crippen molar-refractivity contribution in [3.8, 4) is 0 Å². The molecule has 0 spiro atoms. The van der Waals surface area contributed by atoms with Crippen molar-refractivity contribution in [1.82, 2.24) is 0 Å². The minimum Gasteiger partial charge on any atom is -0.545 e. The Labute approximate surface area is 197 Å². The molecule has 0 radical (unpaired) electrons. The van der Waals surface area contributed by atoms with Gasteiger partial charge < -0.3 is 30.0 Å². The van der Waals surface area contributed by atoms with Gasteiger partial charge in [-0.2, -0.15) is 0 Å². The maximum Gasteiger partial charge on any atom is 0.337 e. The van der Waals surface area contributed by atoms with Crippen molar-refractivity contribution < 1.29 is 39.6 Å². The summed E-state index contributed by atoms with van der Waals surface area (Å²) in [7, 11) is 0. The molecule has 0 aliphatic heterocycles.